The molecule has 0 spiro atoms. The average Bonchev–Trinajstić information content (AvgIpc) is 3.06. The number of aromatic nitrogens is 5. The zero-order chi connectivity index (χ0) is 14.8. The minimum Gasteiger partial charge on any atom is -0.399 e. The summed E-state index contributed by atoms with van der Waals surface area (Å²) in [5, 5.41) is 17.6. The van der Waals surface area contributed by atoms with Gasteiger partial charge in [0.1, 0.15) is 11.9 Å². The molecule has 0 bridgehead atoms. The highest BCUT2D eigenvalue weighted by Gasteiger charge is 2.14. The lowest BCUT2D eigenvalue weighted by Gasteiger charge is -2.10. The number of rotatable bonds is 5. The van der Waals surface area contributed by atoms with E-state index in [0.29, 0.717) is 11.5 Å². The lowest BCUT2D eigenvalue weighted by molar-refractivity contribution is 0.184. The first-order valence-corrected chi connectivity index (χ1v) is 6.93. The highest BCUT2D eigenvalue weighted by atomic mass is 16.3. The van der Waals surface area contributed by atoms with Crippen LogP contribution in [0, 0.1) is 0 Å². The zero-order valence-electron chi connectivity index (χ0n) is 11.8. The Morgan fingerprint density at radius 2 is 2.19 bits per heavy atom. The third-order valence-electron chi connectivity index (χ3n) is 3.42. The van der Waals surface area contributed by atoms with Crippen LogP contribution in [0.25, 0.3) is 11.0 Å². The van der Waals surface area contributed by atoms with E-state index in [0.717, 1.165) is 30.5 Å². The van der Waals surface area contributed by atoms with Crippen molar-refractivity contribution in [2.75, 3.05) is 5.73 Å². The number of nitrogens with zero attached hydrogens (tertiary/aromatic N) is 5. The van der Waals surface area contributed by atoms with E-state index in [4.69, 9.17) is 5.73 Å². The Kier molecular flexibility index (Phi) is 3.57. The first kappa shape index (κ1) is 13.6. The Balaban J connectivity index is 1.86. The quantitative estimate of drug-likeness (QED) is 0.690. The maximum absolute atomic E-state index is 9.92. The second-order valence-corrected chi connectivity index (χ2v) is 5.07. The van der Waals surface area contributed by atoms with Crippen LogP contribution in [0.15, 0.2) is 30.6 Å². The van der Waals surface area contributed by atoms with Crippen LogP contribution in [0.3, 0.4) is 0 Å². The van der Waals surface area contributed by atoms with Crippen LogP contribution in [0.2, 0.25) is 0 Å². The van der Waals surface area contributed by atoms with E-state index in [9.17, 15) is 5.11 Å². The fourth-order valence-electron chi connectivity index (χ4n) is 2.46. The number of nitrogen functional groups attached to an aromatic ring is 1. The number of imidazole rings is 1. The number of hydrogen-bond acceptors (Lipinski definition) is 5. The maximum atomic E-state index is 9.92. The van der Waals surface area contributed by atoms with Gasteiger partial charge in [-0.2, -0.15) is 0 Å². The van der Waals surface area contributed by atoms with Gasteiger partial charge in [0.2, 0.25) is 0 Å². The second-order valence-electron chi connectivity index (χ2n) is 5.07. The lowest BCUT2D eigenvalue weighted by Crippen LogP contribution is -2.09. The van der Waals surface area contributed by atoms with Gasteiger partial charge in [-0.1, -0.05) is 5.21 Å². The molecule has 2 aromatic heterocycles. The molecule has 0 aliphatic heterocycles. The number of aliphatic hydroxyl groups is 1. The van der Waals surface area contributed by atoms with Crippen molar-refractivity contribution < 1.29 is 5.11 Å². The number of hydrogen-bond donors (Lipinski definition) is 2. The second kappa shape index (κ2) is 5.53. The molecule has 0 saturated carbocycles. The van der Waals surface area contributed by atoms with Crippen molar-refractivity contribution in [2.45, 2.75) is 32.5 Å². The highest BCUT2D eigenvalue weighted by molar-refractivity contribution is 5.79. The molecule has 0 aliphatic rings. The third-order valence-corrected chi connectivity index (χ3v) is 3.42. The van der Waals surface area contributed by atoms with E-state index in [1.807, 2.05) is 29.0 Å². The summed E-state index contributed by atoms with van der Waals surface area (Å²) in [5.74, 6) is 0.661. The Morgan fingerprint density at radius 3 is 2.90 bits per heavy atom. The van der Waals surface area contributed by atoms with E-state index in [1.54, 1.807) is 17.8 Å². The van der Waals surface area contributed by atoms with E-state index in [2.05, 4.69) is 15.3 Å². The van der Waals surface area contributed by atoms with Crippen molar-refractivity contribution in [1.82, 2.24) is 24.5 Å². The van der Waals surface area contributed by atoms with Gasteiger partial charge >= 0.3 is 0 Å². The van der Waals surface area contributed by atoms with Gasteiger partial charge in [-0.05, 0) is 31.5 Å². The monoisotopic (exact) mass is 286 g/mol. The Labute approximate surface area is 122 Å². The molecule has 1 atom stereocenters. The summed E-state index contributed by atoms with van der Waals surface area (Å²) in [4.78, 5) is 4.49. The molecule has 0 aliphatic carbocycles. The molecule has 1 unspecified atom stereocenters. The molecule has 21 heavy (non-hydrogen) atoms. The lowest BCUT2D eigenvalue weighted by atomic mass is 10.2. The van der Waals surface area contributed by atoms with E-state index in [-0.39, 0.29) is 0 Å². The maximum Gasteiger partial charge on any atom is 0.138 e. The van der Waals surface area contributed by atoms with E-state index in [1.165, 1.54) is 0 Å². The third kappa shape index (κ3) is 2.73. The first-order valence-electron chi connectivity index (χ1n) is 6.93. The van der Waals surface area contributed by atoms with Crippen molar-refractivity contribution in [2.24, 2.45) is 0 Å². The van der Waals surface area contributed by atoms with Crippen LogP contribution in [-0.2, 0) is 13.1 Å². The molecular weight excluding hydrogens is 268 g/mol. The van der Waals surface area contributed by atoms with Gasteiger partial charge in [0.05, 0.1) is 17.2 Å². The van der Waals surface area contributed by atoms with Crippen molar-refractivity contribution in [3.63, 3.8) is 0 Å². The summed E-state index contributed by atoms with van der Waals surface area (Å²) in [6, 6.07) is 5.62. The fourth-order valence-corrected chi connectivity index (χ4v) is 2.46. The molecule has 3 N–H and O–H groups in total. The summed E-state index contributed by atoms with van der Waals surface area (Å²) >= 11 is 0. The average molecular weight is 286 g/mol. The topological polar surface area (TPSA) is 94.8 Å². The molecule has 3 aromatic rings. The molecule has 1 aromatic carbocycles. The molecule has 110 valence electrons. The van der Waals surface area contributed by atoms with Gasteiger partial charge in [0, 0.05) is 25.0 Å². The summed E-state index contributed by atoms with van der Waals surface area (Å²) in [6.07, 6.45) is 3.75. The van der Waals surface area contributed by atoms with E-state index >= 15 is 0 Å². The molecule has 0 radical (unpaired) electrons. The van der Waals surface area contributed by atoms with Gasteiger partial charge in [0.25, 0.3) is 0 Å². The summed E-state index contributed by atoms with van der Waals surface area (Å²) in [5.41, 5.74) is 8.26. The highest BCUT2D eigenvalue weighted by Crippen LogP contribution is 2.23. The normalized spacial score (nSPS) is 12.9. The summed E-state index contributed by atoms with van der Waals surface area (Å²) in [6.45, 7) is 3.24. The number of anilines is 1. The van der Waals surface area contributed by atoms with Crippen LogP contribution < -0.4 is 5.73 Å². The van der Waals surface area contributed by atoms with Crippen molar-refractivity contribution in [1.29, 1.82) is 0 Å². The van der Waals surface area contributed by atoms with Crippen molar-refractivity contribution >= 4 is 16.7 Å². The molecule has 0 fully saturated rings. The number of benzene rings is 1. The largest absolute Gasteiger partial charge is 0.399 e. The number of fused-ring (bicyclic) bond motifs is 1. The Bertz CT molecular complexity index is 731. The van der Waals surface area contributed by atoms with Gasteiger partial charge in [-0.15, -0.1) is 5.10 Å². The summed E-state index contributed by atoms with van der Waals surface area (Å²) < 4.78 is 3.83. The molecule has 7 nitrogen and oxygen atoms in total. The minimum absolute atomic E-state index is 0.620. The Morgan fingerprint density at radius 1 is 1.33 bits per heavy atom. The van der Waals surface area contributed by atoms with Crippen molar-refractivity contribution in [3.8, 4) is 0 Å². The van der Waals surface area contributed by atoms with Gasteiger partial charge in [-0.25, -0.2) is 4.98 Å². The molecule has 0 saturated heterocycles. The summed E-state index contributed by atoms with van der Waals surface area (Å²) in [7, 11) is 0. The predicted octanol–water partition coefficient (Wildman–Crippen LogP) is 1.35. The number of aliphatic hydroxyl groups excluding tert-OH is 1. The molecule has 2 heterocycles. The predicted molar refractivity (Wildman–Crippen MR) is 79.4 cm³/mol. The van der Waals surface area contributed by atoms with Gasteiger partial charge < -0.3 is 15.4 Å². The smallest absolute Gasteiger partial charge is 0.138 e. The number of aryl methyl sites for hydroxylation is 2. The van der Waals surface area contributed by atoms with Gasteiger partial charge in [0.15, 0.2) is 0 Å². The Hall–Kier alpha value is -2.41. The molecular formula is C14H18N6O. The molecule has 0 amide bonds. The van der Waals surface area contributed by atoms with Crippen LogP contribution in [0.4, 0.5) is 5.69 Å². The first-order chi connectivity index (χ1) is 10.1. The standard InChI is InChI=1S/C14H18N6O/c1-10(21)14-17-12-9-11(15)3-4-13(12)20(14)7-2-6-19-8-5-16-18-19/h3-5,8-10,21H,2,6-7,15H2,1H3. The molecule has 7 heteroatoms. The minimum atomic E-state index is -0.620. The fraction of sp³-hybridized carbons (Fsp3) is 0.357. The van der Waals surface area contributed by atoms with Crippen LogP contribution in [0.5, 0.6) is 0 Å². The van der Waals surface area contributed by atoms with Crippen LogP contribution >= 0.6 is 0 Å². The SMILES string of the molecule is CC(O)c1nc2cc(N)ccc2n1CCCn1ccnn1. The molecule has 3 rings (SSSR count). The zero-order valence-corrected chi connectivity index (χ0v) is 11.8. The number of nitrogens with two attached hydrogens (primary N) is 1. The van der Waals surface area contributed by atoms with Crippen molar-refractivity contribution in [3.05, 3.63) is 36.4 Å². The van der Waals surface area contributed by atoms with Crippen LogP contribution in [-0.4, -0.2) is 29.7 Å². The van der Waals surface area contributed by atoms with Gasteiger partial charge in [-0.3, -0.25) is 4.68 Å². The van der Waals surface area contributed by atoms with E-state index < -0.39 is 6.10 Å². The van der Waals surface area contributed by atoms with Crippen LogP contribution in [0.1, 0.15) is 25.3 Å².